The van der Waals surface area contributed by atoms with Gasteiger partial charge in [-0.3, -0.25) is 4.99 Å². The molecule has 0 unspecified atom stereocenters. The molecule has 0 bridgehead atoms. The van der Waals surface area contributed by atoms with E-state index in [4.69, 9.17) is 9.98 Å². The lowest BCUT2D eigenvalue weighted by molar-refractivity contribution is 0.797. The molecule has 4 rings (SSSR count). The normalized spacial score (nSPS) is 12.0. The zero-order valence-corrected chi connectivity index (χ0v) is 17.1. The molecule has 0 aliphatic carbocycles. The molecular weight excluding hydrogens is 360 g/mol. The van der Waals surface area contributed by atoms with Crippen molar-refractivity contribution < 1.29 is 0 Å². The number of guanidine groups is 1. The third kappa shape index (κ3) is 4.42. The first kappa shape index (κ1) is 19.1. The third-order valence-electron chi connectivity index (χ3n) is 5.07. The first-order chi connectivity index (χ1) is 14.2. The fourth-order valence-corrected chi connectivity index (χ4v) is 3.60. The fourth-order valence-electron chi connectivity index (χ4n) is 3.60. The van der Waals surface area contributed by atoms with Crippen molar-refractivity contribution in [2.24, 2.45) is 4.99 Å². The minimum atomic E-state index is 0.700. The highest BCUT2D eigenvalue weighted by molar-refractivity contribution is 5.83. The maximum Gasteiger partial charge on any atom is 0.191 e. The molecule has 0 saturated heterocycles. The Labute approximate surface area is 171 Å². The molecule has 0 aliphatic heterocycles. The van der Waals surface area contributed by atoms with Crippen molar-refractivity contribution >= 4 is 22.5 Å². The molecule has 6 heteroatoms. The number of aryl methyl sites for hydroxylation is 1. The van der Waals surface area contributed by atoms with Gasteiger partial charge in [0.15, 0.2) is 5.96 Å². The third-order valence-corrected chi connectivity index (χ3v) is 5.07. The molecule has 1 aromatic carbocycles. The number of benzene rings is 1. The van der Waals surface area contributed by atoms with Crippen LogP contribution >= 0.6 is 0 Å². The number of aromatic nitrogens is 3. The molecule has 0 radical (unpaired) electrons. The van der Waals surface area contributed by atoms with Crippen molar-refractivity contribution in [3.63, 3.8) is 0 Å². The molecule has 3 N–H and O–H groups in total. The van der Waals surface area contributed by atoms with E-state index >= 15 is 0 Å². The molecule has 0 fully saturated rings. The van der Waals surface area contributed by atoms with Gasteiger partial charge < -0.3 is 20.0 Å². The molecule has 3 heterocycles. The number of nitrogens with one attached hydrogen (secondary N) is 3. The van der Waals surface area contributed by atoms with Gasteiger partial charge in [-0.2, -0.15) is 0 Å². The second-order valence-corrected chi connectivity index (χ2v) is 7.20. The highest BCUT2D eigenvalue weighted by atomic mass is 15.2. The minimum absolute atomic E-state index is 0.700. The van der Waals surface area contributed by atoms with Crippen LogP contribution in [-0.4, -0.2) is 40.0 Å². The van der Waals surface area contributed by atoms with E-state index in [1.807, 2.05) is 12.3 Å². The summed E-state index contributed by atoms with van der Waals surface area (Å²) in [5.41, 5.74) is 5.79. The van der Waals surface area contributed by atoms with Gasteiger partial charge in [0.25, 0.3) is 0 Å². The number of rotatable bonds is 7. The molecule has 6 nitrogen and oxygen atoms in total. The summed E-state index contributed by atoms with van der Waals surface area (Å²) >= 11 is 0. The predicted octanol–water partition coefficient (Wildman–Crippen LogP) is 3.46. The van der Waals surface area contributed by atoms with Crippen LogP contribution in [-0.2, 0) is 12.8 Å². The van der Waals surface area contributed by atoms with Gasteiger partial charge in [-0.1, -0.05) is 24.3 Å². The maximum atomic E-state index is 4.73. The Bertz CT molecular complexity index is 1120. The average molecular weight is 389 g/mol. The standard InChI is InChI=1S/C23H28N6/c1-3-24-23(25-12-10-18-15-27-21-9-5-4-8-20(18)21)26-13-11-19-16-29-14-6-7-17(2)22(29)28-19/h4-9,14-16,27H,3,10-13H2,1-2H3,(H2,24,25,26). The number of H-pyrrole nitrogens is 1. The number of hydrogen-bond donors (Lipinski definition) is 3. The van der Waals surface area contributed by atoms with Gasteiger partial charge in [0.2, 0.25) is 0 Å². The van der Waals surface area contributed by atoms with Crippen LogP contribution in [0.4, 0.5) is 0 Å². The first-order valence-electron chi connectivity index (χ1n) is 10.2. The van der Waals surface area contributed by atoms with Gasteiger partial charge >= 0.3 is 0 Å². The SMILES string of the molecule is CCNC(=NCCc1cn2cccc(C)c2n1)NCCc1c[nH]c2ccccc12. The highest BCUT2D eigenvalue weighted by Gasteiger charge is 2.05. The number of pyridine rings is 1. The van der Waals surface area contributed by atoms with Crippen LogP contribution in [0.5, 0.6) is 0 Å². The van der Waals surface area contributed by atoms with E-state index < -0.39 is 0 Å². The van der Waals surface area contributed by atoms with Crippen LogP contribution in [0.2, 0.25) is 0 Å². The number of aromatic amines is 1. The molecule has 29 heavy (non-hydrogen) atoms. The summed E-state index contributed by atoms with van der Waals surface area (Å²) in [5, 5.41) is 8.06. The summed E-state index contributed by atoms with van der Waals surface area (Å²) in [5.74, 6) is 0.854. The van der Waals surface area contributed by atoms with Gasteiger partial charge in [-0.15, -0.1) is 0 Å². The smallest absolute Gasteiger partial charge is 0.191 e. The van der Waals surface area contributed by atoms with Gasteiger partial charge in [0.05, 0.1) is 5.69 Å². The second-order valence-electron chi connectivity index (χ2n) is 7.20. The molecule has 4 aromatic rings. The van der Waals surface area contributed by atoms with Crippen LogP contribution < -0.4 is 10.6 Å². The summed E-state index contributed by atoms with van der Waals surface area (Å²) in [6.45, 7) is 6.55. The molecule has 0 aliphatic rings. The molecule has 0 atom stereocenters. The van der Waals surface area contributed by atoms with E-state index in [1.54, 1.807) is 0 Å². The Balaban J connectivity index is 1.34. The van der Waals surface area contributed by atoms with E-state index in [0.717, 1.165) is 43.2 Å². The zero-order chi connectivity index (χ0) is 20.1. The number of imidazole rings is 1. The van der Waals surface area contributed by atoms with Crippen molar-refractivity contribution in [1.29, 1.82) is 0 Å². The Morgan fingerprint density at radius 3 is 2.90 bits per heavy atom. The molecule has 0 saturated carbocycles. The topological polar surface area (TPSA) is 69.5 Å². The van der Waals surface area contributed by atoms with E-state index in [-0.39, 0.29) is 0 Å². The van der Waals surface area contributed by atoms with E-state index in [1.165, 1.54) is 22.0 Å². The van der Waals surface area contributed by atoms with Crippen molar-refractivity contribution in [2.75, 3.05) is 19.6 Å². The van der Waals surface area contributed by atoms with E-state index in [0.29, 0.717) is 6.54 Å². The number of para-hydroxylation sites is 1. The summed E-state index contributed by atoms with van der Waals surface area (Å²) in [6, 6.07) is 12.5. The Morgan fingerprint density at radius 1 is 1.14 bits per heavy atom. The van der Waals surface area contributed by atoms with Crippen LogP contribution in [0, 0.1) is 6.92 Å². The summed E-state index contributed by atoms with van der Waals surface area (Å²) in [7, 11) is 0. The quantitative estimate of drug-likeness (QED) is 0.335. The van der Waals surface area contributed by atoms with E-state index in [2.05, 4.69) is 76.6 Å². The molecule has 3 aromatic heterocycles. The lowest BCUT2D eigenvalue weighted by atomic mass is 10.1. The monoisotopic (exact) mass is 388 g/mol. The summed E-state index contributed by atoms with van der Waals surface area (Å²) in [6.07, 6.45) is 8.00. The summed E-state index contributed by atoms with van der Waals surface area (Å²) in [4.78, 5) is 12.8. The van der Waals surface area contributed by atoms with Crippen molar-refractivity contribution in [1.82, 2.24) is 25.0 Å². The largest absolute Gasteiger partial charge is 0.361 e. The summed E-state index contributed by atoms with van der Waals surface area (Å²) < 4.78 is 2.08. The number of nitrogens with zero attached hydrogens (tertiary/aromatic N) is 3. The second kappa shape index (κ2) is 8.82. The van der Waals surface area contributed by atoms with Crippen LogP contribution in [0.1, 0.15) is 23.7 Å². The van der Waals surface area contributed by atoms with Crippen molar-refractivity contribution in [3.8, 4) is 0 Å². The number of aliphatic imine (C=N–C) groups is 1. The Morgan fingerprint density at radius 2 is 2.03 bits per heavy atom. The number of fused-ring (bicyclic) bond motifs is 2. The van der Waals surface area contributed by atoms with Gasteiger partial charge in [0, 0.05) is 55.5 Å². The first-order valence-corrected chi connectivity index (χ1v) is 10.2. The number of hydrogen-bond acceptors (Lipinski definition) is 2. The van der Waals surface area contributed by atoms with Crippen molar-refractivity contribution in [2.45, 2.75) is 26.7 Å². The minimum Gasteiger partial charge on any atom is -0.361 e. The lowest BCUT2D eigenvalue weighted by Gasteiger charge is -2.11. The van der Waals surface area contributed by atoms with Gasteiger partial charge in [0.1, 0.15) is 5.65 Å². The average Bonchev–Trinajstić information content (AvgIpc) is 3.33. The van der Waals surface area contributed by atoms with Crippen LogP contribution in [0.15, 0.2) is 60.0 Å². The maximum absolute atomic E-state index is 4.73. The predicted molar refractivity (Wildman–Crippen MR) is 120 cm³/mol. The highest BCUT2D eigenvalue weighted by Crippen LogP contribution is 2.17. The zero-order valence-electron chi connectivity index (χ0n) is 17.1. The molecular formula is C23H28N6. The van der Waals surface area contributed by atoms with Crippen LogP contribution in [0.25, 0.3) is 16.6 Å². The molecule has 0 spiro atoms. The fraction of sp³-hybridized carbons (Fsp3) is 0.304. The van der Waals surface area contributed by atoms with E-state index in [9.17, 15) is 0 Å². The lowest BCUT2D eigenvalue weighted by Crippen LogP contribution is -2.38. The molecule has 150 valence electrons. The van der Waals surface area contributed by atoms with Crippen LogP contribution in [0.3, 0.4) is 0 Å². The Kier molecular flexibility index (Phi) is 5.79. The van der Waals surface area contributed by atoms with Gasteiger partial charge in [-0.05, 0) is 43.5 Å². The van der Waals surface area contributed by atoms with Crippen molar-refractivity contribution in [3.05, 3.63) is 71.8 Å². The molecule has 0 amide bonds. The van der Waals surface area contributed by atoms with Gasteiger partial charge in [-0.25, -0.2) is 4.98 Å². The Hall–Kier alpha value is -3.28.